The number of hydrogen-bond donors (Lipinski definition) is 2. The highest BCUT2D eigenvalue weighted by molar-refractivity contribution is 5.78. The molecule has 0 aliphatic heterocycles. The highest BCUT2D eigenvalue weighted by atomic mass is 16.5. The predicted octanol–water partition coefficient (Wildman–Crippen LogP) is 1.58. The molecule has 1 aromatic rings. The van der Waals surface area contributed by atoms with Crippen molar-refractivity contribution in [2.24, 2.45) is 10.7 Å². The van der Waals surface area contributed by atoms with E-state index in [2.05, 4.69) is 53.4 Å². The Kier molecular flexibility index (Phi) is 7.79. The van der Waals surface area contributed by atoms with Crippen LogP contribution in [0.15, 0.2) is 29.3 Å². The third-order valence-electron chi connectivity index (χ3n) is 3.23. The van der Waals surface area contributed by atoms with Gasteiger partial charge in [-0.15, -0.1) is 0 Å². The van der Waals surface area contributed by atoms with Gasteiger partial charge in [0, 0.05) is 19.7 Å². The lowest BCUT2D eigenvalue weighted by Gasteiger charge is -2.14. The van der Waals surface area contributed by atoms with Crippen LogP contribution < -0.4 is 11.1 Å². The number of aliphatic imine (C=N–C) groups is 1. The summed E-state index contributed by atoms with van der Waals surface area (Å²) in [6, 6.07) is 8.62. The number of nitrogens with one attached hydrogen (secondary N) is 1. The molecule has 1 rings (SSSR count). The second-order valence-electron chi connectivity index (χ2n) is 5.35. The van der Waals surface area contributed by atoms with Gasteiger partial charge in [-0.3, -0.25) is 0 Å². The van der Waals surface area contributed by atoms with Gasteiger partial charge in [-0.25, -0.2) is 4.99 Å². The fraction of sp³-hybridized carbons (Fsp3) is 0.562. The second kappa shape index (κ2) is 9.37. The van der Waals surface area contributed by atoms with Crippen LogP contribution in [-0.4, -0.2) is 44.2 Å². The topological polar surface area (TPSA) is 62.9 Å². The van der Waals surface area contributed by atoms with Gasteiger partial charge in [0.15, 0.2) is 5.96 Å². The molecule has 0 aromatic heterocycles. The van der Waals surface area contributed by atoms with Crippen molar-refractivity contribution in [3.63, 3.8) is 0 Å². The summed E-state index contributed by atoms with van der Waals surface area (Å²) >= 11 is 0. The van der Waals surface area contributed by atoms with Gasteiger partial charge >= 0.3 is 0 Å². The summed E-state index contributed by atoms with van der Waals surface area (Å²) in [6.07, 6.45) is 0. The molecule has 0 fully saturated rings. The van der Waals surface area contributed by atoms with E-state index in [0.717, 1.165) is 13.1 Å². The molecule has 3 N–H and O–H groups in total. The summed E-state index contributed by atoms with van der Waals surface area (Å²) in [4.78, 5) is 6.64. The van der Waals surface area contributed by atoms with Crippen molar-refractivity contribution >= 4 is 5.96 Å². The molecule has 0 amide bonds. The standard InChI is InChI=1S/C16H28N4O/c1-5-20(3)11-15-8-6-7-14(9-15)10-18-16(17)19-13(2)12-21-4/h6-9,13H,5,10-12H2,1-4H3,(H3,17,18,19). The van der Waals surface area contributed by atoms with Gasteiger partial charge in [0.25, 0.3) is 0 Å². The normalized spacial score (nSPS) is 13.5. The third kappa shape index (κ3) is 7.11. The lowest BCUT2D eigenvalue weighted by molar-refractivity contribution is 0.179. The molecule has 0 bridgehead atoms. The Morgan fingerprint density at radius 2 is 2.14 bits per heavy atom. The van der Waals surface area contributed by atoms with Crippen LogP contribution in [0.1, 0.15) is 25.0 Å². The summed E-state index contributed by atoms with van der Waals surface area (Å²) < 4.78 is 5.05. The molecule has 0 spiro atoms. The number of rotatable bonds is 8. The van der Waals surface area contributed by atoms with E-state index in [-0.39, 0.29) is 6.04 Å². The molecule has 21 heavy (non-hydrogen) atoms. The number of ether oxygens (including phenoxy) is 1. The lowest BCUT2D eigenvalue weighted by atomic mass is 10.1. The van der Waals surface area contributed by atoms with Gasteiger partial charge in [-0.05, 0) is 31.6 Å². The quantitative estimate of drug-likeness (QED) is 0.564. The molecule has 0 saturated carbocycles. The Labute approximate surface area is 128 Å². The van der Waals surface area contributed by atoms with Crippen LogP contribution in [0.5, 0.6) is 0 Å². The molecule has 0 aliphatic carbocycles. The fourth-order valence-electron chi connectivity index (χ4n) is 2.02. The SMILES string of the molecule is CCN(C)Cc1cccc(CN=C(N)NC(C)COC)c1. The molecular formula is C16H28N4O. The third-order valence-corrected chi connectivity index (χ3v) is 3.23. The maximum Gasteiger partial charge on any atom is 0.189 e. The van der Waals surface area contributed by atoms with Crippen molar-refractivity contribution in [2.45, 2.75) is 33.0 Å². The first kappa shape index (κ1) is 17.5. The van der Waals surface area contributed by atoms with E-state index in [1.807, 2.05) is 6.92 Å². The van der Waals surface area contributed by atoms with Gasteiger partial charge in [-0.1, -0.05) is 31.2 Å². The average molecular weight is 292 g/mol. The lowest BCUT2D eigenvalue weighted by Crippen LogP contribution is -2.40. The molecule has 0 radical (unpaired) electrons. The summed E-state index contributed by atoms with van der Waals surface area (Å²) in [5, 5.41) is 3.10. The zero-order chi connectivity index (χ0) is 15.7. The second-order valence-corrected chi connectivity index (χ2v) is 5.35. The number of guanidine groups is 1. The smallest absolute Gasteiger partial charge is 0.189 e. The minimum Gasteiger partial charge on any atom is -0.383 e. The van der Waals surface area contributed by atoms with Crippen LogP contribution in [0, 0.1) is 0 Å². The van der Waals surface area contributed by atoms with Crippen molar-refractivity contribution in [1.29, 1.82) is 0 Å². The minimum absolute atomic E-state index is 0.156. The molecule has 1 unspecified atom stereocenters. The highest BCUT2D eigenvalue weighted by Crippen LogP contribution is 2.08. The molecule has 118 valence electrons. The zero-order valence-electron chi connectivity index (χ0n) is 13.6. The molecule has 1 atom stereocenters. The fourth-order valence-corrected chi connectivity index (χ4v) is 2.02. The number of methoxy groups -OCH3 is 1. The van der Waals surface area contributed by atoms with Crippen molar-refractivity contribution in [1.82, 2.24) is 10.2 Å². The maximum absolute atomic E-state index is 5.87. The summed E-state index contributed by atoms with van der Waals surface area (Å²) in [5.74, 6) is 0.454. The Morgan fingerprint density at radius 1 is 1.43 bits per heavy atom. The van der Waals surface area contributed by atoms with Crippen molar-refractivity contribution in [3.05, 3.63) is 35.4 Å². The van der Waals surface area contributed by atoms with Crippen LogP contribution in [0.4, 0.5) is 0 Å². The van der Waals surface area contributed by atoms with Gasteiger partial charge in [0.1, 0.15) is 0 Å². The minimum atomic E-state index is 0.156. The van der Waals surface area contributed by atoms with Crippen LogP contribution in [0.25, 0.3) is 0 Å². The molecular weight excluding hydrogens is 264 g/mol. The number of benzene rings is 1. The Bertz CT molecular complexity index is 448. The average Bonchev–Trinajstić information content (AvgIpc) is 2.45. The first-order chi connectivity index (χ1) is 10.0. The monoisotopic (exact) mass is 292 g/mol. The van der Waals surface area contributed by atoms with Crippen molar-refractivity contribution in [2.75, 3.05) is 27.3 Å². The van der Waals surface area contributed by atoms with E-state index in [1.54, 1.807) is 7.11 Å². The maximum atomic E-state index is 5.87. The van der Waals surface area contributed by atoms with Crippen LogP contribution in [0.3, 0.4) is 0 Å². The molecule has 0 heterocycles. The van der Waals surface area contributed by atoms with Crippen molar-refractivity contribution < 1.29 is 4.74 Å². The largest absolute Gasteiger partial charge is 0.383 e. The van der Waals surface area contributed by atoms with Crippen LogP contribution in [-0.2, 0) is 17.8 Å². The van der Waals surface area contributed by atoms with E-state index in [1.165, 1.54) is 11.1 Å². The highest BCUT2D eigenvalue weighted by Gasteiger charge is 2.02. The van der Waals surface area contributed by atoms with Gasteiger partial charge in [-0.2, -0.15) is 0 Å². The predicted molar refractivity (Wildman–Crippen MR) is 88.3 cm³/mol. The number of nitrogens with two attached hydrogens (primary N) is 1. The van der Waals surface area contributed by atoms with Gasteiger partial charge in [0.2, 0.25) is 0 Å². The van der Waals surface area contributed by atoms with Crippen molar-refractivity contribution in [3.8, 4) is 0 Å². The van der Waals surface area contributed by atoms with E-state index < -0.39 is 0 Å². The van der Waals surface area contributed by atoms with E-state index >= 15 is 0 Å². The van der Waals surface area contributed by atoms with Gasteiger partial charge in [0.05, 0.1) is 13.2 Å². The molecule has 5 nitrogen and oxygen atoms in total. The summed E-state index contributed by atoms with van der Waals surface area (Å²) in [6.45, 7) is 7.34. The van der Waals surface area contributed by atoms with E-state index in [9.17, 15) is 0 Å². The first-order valence-electron chi connectivity index (χ1n) is 7.36. The molecule has 0 saturated heterocycles. The Balaban J connectivity index is 2.56. The van der Waals surface area contributed by atoms with Crippen LogP contribution in [0.2, 0.25) is 0 Å². The number of nitrogens with zero attached hydrogens (tertiary/aromatic N) is 2. The van der Waals surface area contributed by atoms with Gasteiger partial charge < -0.3 is 20.7 Å². The number of hydrogen-bond acceptors (Lipinski definition) is 3. The Hall–Kier alpha value is -1.59. The molecule has 0 aliphatic rings. The first-order valence-corrected chi connectivity index (χ1v) is 7.36. The molecule has 5 heteroatoms. The van der Waals surface area contributed by atoms with Crippen LogP contribution >= 0.6 is 0 Å². The zero-order valence-corrected chi connectivity index (χ0v) is 13.6. The van der Waals surface area contributed by atoms with E-state index in [4.69, 9.17) is 10.5 Å². The Morgan fingerprint density at radius 3 is 2.81 bits per heavy atom. The summed E-state index contributed by atoms with van der Waals surface area (Å²) in [5.41, 5.74) is 8.33. The summed E-state index contributed by atoms with van der Waals surface area (Å²) in [7, 11) is 3.79. The molecule has 1 aromatic carbocycles. The van der Waals surface area contributed by atoms with E-state index in [0.29, 0.717) is 19.1 Å².